The molecule has 1 saturated heterocycles. The van der Waals surface area contributed by atoms with Crippen molar-refractivity contribution in [1.29, 1.82) is 0 Å². The molecule has 2 aliphatic rings. The molecule has 1 spiro atoms. The first-order valence-corrected chi connectivity index (χ1v) is 4.06. The highest BCUT2D eigenvalue weighted by molar-refractivity contribution is 5.07. The number of alkyl halides is 1. The molecule has 0 aromatic rings. The predicted octanol–water partition coefficient (Wildman–Crippen LogP) is 1.63. The maximum absolute atomic E-state index is 13.3. The third-order valence-electron chi connectivity index (χ3n) is 2.85. The van der Waals surface area contributed by atoms with Crippen LogP contribution in [0.4, 0.5) is 4.39 Å². The van der Waals surface area contributed by atoms with E-state index in [9.17, 15) is 4.39 Å². The Kier molecular flexibility index (Phi) is 1.14. The van der Waals surface area contributed by atoms with E-state index >= 15 is 0 Å². The lowest BCUT2D eigenvalue weighted by atomic mass is 9.74. The van der Waals surface area contributed by atoms with Crippen molar-refractivity contribution in [3.63, 3.8) is 0 Å². The third kappa shape index (κ3) is 0.858. The standard InChI is InChI=1S/C8H14FN/c1-7(9)5-8(10-6-7)3-2-4-8/h10H,2-6H2,1H3/t7-/m1/s1. The van der Waals surface area contributed by atoms with Gasteiger partial charge in [0.15, 0.2) is 0 Å². The summed E-state index contributed by atoms with van der Waals surface area (Å²) in [5.74, 6) is 0. The Labute approximate surface area is 61.0 Å². The fourth-order valence-electron chi connectivity index (χ4n) is 2.16. The Hall–Kier alpha value is -0.110. The number of hydrogen-bond acceptors (Lipinski definition) is 1. The first-order chi connectivity index (χ1) is 4.62. The highest BCUT2D eigenvalue weighted by atomic mass is 19.1. The van der Waals surface area contributed by atoms with Crippen LogP contribution in [0.5, 0.6) is 0 Å². The minimum absolute atomic E-state index is 0.226. The fourth-order valence-corrected chi connectivity index (χ4v) is 2.16. The molecule has 1 heterocycles. The quantitative estimate of drug-likeness (QED) is 0.543. The Balaban J connectivity index is 2.05. The number of halogens is 1. The molecule has 0 bridgehead atoms. The van der Waals surface area contributed by atoms with Gasteiger partial charge in [0.2, 0.25) is 0 Å². The predicted molar refractivity (Wildman–Crippen MR) is 38.7 cm³/mol. The Morgan fingerprint density at radius 3 is 2.30 bits per heavy atom. The third-order valence-corrected chi connectivity index (χ3v) is 2.85. The topological polar surface area (TPSA) is 12.0 Å². The lowest BCUT2D eigenvalue weighted by molar-refractivity contribution is 0.160. The Bertz CT molecular complexity index is 149. The maximum atomic E-state index is 13.3. The summed E-state index contributed by atoms with van der Waals surface area (Å²) < 4.78 is 13.3. The van der Waals surface area contributed by atoms with Gasteiger partial charge in [0.05, 0.1) is 0 Å². The van der Waals surface area contributed by atoms with E-state index in [0.29, 0.717) is 6.54 Å². The smallest absolute Gasteiger partial charge is 0.122 e. The second kappa shape index (κ2) is 1.73. The van der Waals surface area contributed by atoms with Crippen molar-refractivity contribution >= 4 is 0 Å². The zero-order valence-corrected chi connectivity index (χ0v) is 6.41. The molecule has 10 heavy (non-hydrogen) atoms. The molecule has 1 N–H and O–H groups in total. The molecule has 0 aromatic heterocycles. The van der Waals surface area contributed by atoms with Gasteiger partial charge in [-0.25, -0.2) is 4.39 Å². The highest BCUT2D eigenvalue weighted by Gasteiger charge is 2.48. The highest BCUT2D eigenvalue weighted by Crippen LogP contribution is 2.43. The van der Waals surface area contributed by atoms with Gasteiger partial charge >= 0.3 is 0 Å². The molecule has 1 aliphatic heterocycles. The van der Waals surface area contributed by atoms with Crippen molar-refractivity contribution in [2.24, 2.45) is 0 Å². The van der Waals surface area contributed by atoms with Gasteiger partial charge in [-0.2, -0.15) is 0 Å². The average molecular weight is 143 g/mol. The van der Waals surface area contributed by atoms with E-state index in [0.717, 1.165) is 6.42 Å². The van der Waals surface area contributed by atoms with Crippen LogP contribution in [0, 0.1) is 0 Å². The molecule has 58 valence electrons. The molecule has 2 fully saturated rings. The van der Waals surface area contributed by atoms with Crippen molar-refractivity contribution in [3.05, 3.63) is 0 Å². The molecule has 1 saturated carbocycles. The van der Waals surface area contributed by atoms with Gasteiger partial charge in [0, 0.05) is 18.5 Å². The molecule has 1 aliphatic carbocycles. The maximum Gasteiger partial charge on any atom is 0.122 e. The van der Waals surface area contributed by atoms with Crippen molar-refractivity contribution in [3.8, 4) is 0 Å². The van der Waals surface area contributed by atoms with Crippen molar-refractivity contribution < 1.29 is 4.39 Å². The van der Waals surface area contributed by atoms with Crippen LogP contribution in [0.25, 0.3) is 0 Å². The molecule has 0 amide bonds. The summed E-state index contributed by atoms with van der Waals surface area (Å²) in [5.41, 5.74) is -0.704. The summed E-state index contributed by atoms with van der Waals surface area (Å²) in [6.45, 7) is 2.26. The van der Waals surface area contributed by atoms with Gasteiger partial charge in [-0.15, -0.1) is 0 Å². The summed E-state index contributed by atoms with van der Waals surface area (Å²) in [7, 11) is 0. The lowest BCUT2D eigenvalue weighted by Gasteiger charge is -2.38. The van der Waals surface area contributed by atoms with Crippen molar-refractivity contribution in [2.45, 2.75) is 43.8 Å². The van der Waals surface area contributed by atoms with Crippen LogP contribution in [0.2, 0.25) is 0 Å². The van der Waals surface area contributed by atoms with E-state index in [1.165, 1.54) is 19.3 Å². The Morgan fingerprint density at radius 1 is 1.40 bits per heavy atom. The monoisotopic (exact) mass is 143 g/mol. The zero-order chi connectivity index (χ0) is 7.24. The molecule has 2 heteroatoms. The summed E-state index contributed by atoms with van der Waals surface area (Å²) in [5, 5.41) is 3.28. The van der Waals surface area contributed by atoms with Gasteiger partial charge in [0.1, 0.15) is 5.67 Å². The lowest BCUT2D eigenvalue weighted by Crippen LogP contribution is -2.45. The van der Waals surface area contributed by atoms with Gasteiger partial charge in [-0.1, -0.05) is 0 Å². The summed E-state index contributed by atoms with van der Waals surface area (Å²) in [6.07, 6.45) is 4.39. The van der Waals surface area contributed by atoms with Crippen LogP contribution in [0.1, 0.15) is 32.6 Å². The first kappa shape index (κ1) is 6.59. The molecule has 1 nitrogen and oxygen atoms in total. The minimum atomic E-state index is -0.930. The van der Waals surface area contributed by atoms with Crippen molar-refractivity contribution in [2.75, 3.05) is 6.54 Å². The van der Waals surface area contributed by atoms with E-state index in [2.05, 4.69) is 5.32 Å². The van der Waals surface area contributed by atoms with Crippen LogP contribution in [0.15, 0.2) is 0 Å². The van der Waals surface area contributed by atoms with Crippen LogP contribution in [0.3, 0.4) is 0 Å². The van der Waals surface area contributed by atoms with Crippen LogP contribution in [-0.4, -0.2) is 17.8 Å². The molecular weight excluding hydrogens is 129 g/mol. The second-order valence-electron chi connectivity index (χ2n) is 4.08. The summed E-state index contributed by atoms with van der Waals surface area (Å²) in [6, 6.07) is 0. The van der Waals surface area contributed by atoms with Crippen LogP contribution < -0.4 is 5.32 Å². The molecule has 2 rings (SSSR count). The van der Waals surface area contributed by atoms with Gasteiger partial charge < -0.3 is 5.32 Å². The minimum Gasteiger partial charge on any atom is -0.308 e. The van der Waals surface area contributed by atoms with E-state index in [-0.39, 0.29) is 5.54 Å². The molecule has 0 aromatic carbocycles. The van der Waals surface area contributed by atoms with E-state index in [4.69, 9.17) is 0 Å². The van der Waals surface area contributed by atoms with Crippen LogP contribution >= 0.6 is 0 Å². The molecular formula is C8H14FN. The van der Waals surface area contributed by atoms with E-state index in [1.54, 1.807) is 6.92 Å². The SMILES string of the molecule is C[C@]1(F)CNC2(CCC2)C1. The second-order valence-corrected chi connectivity index (χ2v) is 4.08. The van der Waals surface area contributed by atoms with E-state index < -0.39 is 5.67 Å². The molecule has 0 radical (unpaired) electrons. The van der Waals surface area contributed by atoms with Gasteiger partial charge in [0.25, 0.3) is 0 Å². The molecule has 1 atom stereocenters. The largest absolute Gasteiger partial charge is 0.308 e. The first-order valence-electron chi connectivity index (χ1n) is 4.06. The average Bonchev–Trinajstić information content (AvgIpc) is 2.04. The van der Waals surface area contributed by atoms with Crippen molar-refractivity contribution in [1.82, 2.24) is 5.32 Å². The van der Waals surface area contributed by atoms with Crippen LogP contribution in [-0.2, 0) is 0 Å². The number of rotatable bonds is 0. The summed E-state index contributed by atoms with van der Waals surface area (Å²) in [4.78, 5) is 0. The van der Waals surface area contributed by atoms with E-state index in [1.807, 2.05) is 0 Å². The van der Waals surface area contributed by atoms with Gasteiger partial charge in [-0.3, -0.25) is 0 Å². The fraction of sp³-hybridized carbons (Fsp3) is 1.00. The zero-order valence-electron chi connectivity index (χ0n) is 6.41. The van der Waals surface area contributed by atoms with Gasteiger partial charge in [-0.05, 0) is 26.2 Å². The number of hydrogen-bond donors (Lipinski definition) is 1. The summed E-state index contributed by atoms with van der Waals surface area (Å²) >= 11 is 0. The Morgan fingerprint density at radius 2 is 2.10 bits per heavy atom. The normalized spacial score (nSPS) is 43.8. The number of nitrogens with one attached hydrogen (secondary N) is 1. The molecule has 0 unspecified atom stereocenters.